The van der Waals surface area contributed by atoms with Gasteiger partial charge in [-0.2, -0.15) is 10.5 Å². The molecular formula is C25H18ClF2N5O3S. The molecule has 0 aliphatic carbocycles. The van der Waals surface area contributed by atoms with E-state index in [1.807, 2.05) is 12.1 Å². The van der Waals surface area contributed by atoms with Gasteiger partial charge in [-0.25, -0.2) is 8.78 Å². The highest BCUT2D eigenvalue weighted by Crippen LogP contribution is 2.47. The van der Waals surface area contributed by atoms with Gasteiger partial charge in [0.2, 0.25) is 5.91 Å². The van der Waals surface area contributed by atoms with Crippen LogP contribution in [0.2, 0.25) is 5.02 Å². The van der Waals surface area contributed by atoms with Gasteiger partial charge in [0.15, 0.2) is 5.75 Å². The topological polar surface area (TPSA) is 123 Å². The Balaban J connectivity index is 1.59. The molecule has 0 saturated carbocycles. The Hall–Kier alpha value is -3.93. The van der Waals surface area contributed by atoms with Crippen LogP contribution in [0.15, 0.2) is 18.2 Å². The molecule has 2 N–H and O–H groups in total. The largest absolute Gasteiger partial charge is 0.491 e. The van der Waals surface area contributed by atoms with Crippen LogP contribution in [0.1, 0.15) is 28.8 Å². The van der Waals surface area contributed by atoms with Gasteiger partial charge in [-0.15, -0.1) is 11.3 Å². The monoisotopic (exact) mass is 541 g/mol. The number of carbonyl (C=O) groups is 2. The van der Waals surface area contributed by atoms with Crippen molar-refractivity contribution in [3.63, 3.8) is 0 Å². The summed E-state index contributed by atoms with van der Waals surface area (Å²) in [5, 5.41) is 18.5. The van der Waals surface area contributed by atoms with Crippen LogP contribution in [0.3, 0.4) is 0 Å². The van der Waals surface area contributed by atoms with Crippen LogP contribution in [0.4, 0.5) is 13.8 Å². The molecule has 1 fully saturated rings. The number of carbonyl (C=O) groups excluding carboxylic acids is 2. The van der Waals surface area contributed by atoms with E-state index in [2.05, 4.69) is 0 Å². The lowest BCUT2D eigenvalue weighted by Crippen LogP contribution is -2.57. The summed E-state index contributed by atoms with van der Waals surface area (Å²) in [5.41, 5.74) is 5.89. The van der Waals surface area contributed by atoms with Crippen molar-refractivity contribution < 1.29 is 23.1 Å². The zero-order chi connectivity index (χ0) is 26.4. The van der Waals surface area contributed by atoms with Crippen LogP contribution in [-0.4, -0.2) is 53.9 Å². The molecule has 2 amide bonds. The number of halogens is 3. The van der Waals surface area contributed by atoms with E-state index in [0.29, 0.717) is 6.42 Å². The predicted octanol–water partition coefficient (Wildman–Crippen LogP) is 4.30. The molecule has 188 valence electrons. The molecule has 0 spiro atoms. The summed E-state index contributed by atoms with van der Waals surface area (Å²) in [7, 11) is 0. The molecule has 3 aromatic rings. The van der Waals surface area contributed by atoms with Gasteiger partial charge in [0.25, 0.3) is 5.91 Å². The molecule has 1 aromatic heterocycles. The van der Waals surface area contributed by atoms with Crippen LogP contribution < -0.4 is 10.5 Å². The van der Waals surface area contributed by atoms with Gasteiger partial charge in [0.1, 0.15) is 29.1 Å². The van der Waals surface area contributed by atoms with Crippen molar-refractivity contribution in [2.75, 3.05) is 32.0 Å². The summed E-state index contributed by atoms with van der Waals surface area (Å²) in [5.74, 6) is -2.27. The minimum absolute atomic E-state index is 0.0105. The van der Waals surface area contributed by atoms with Crippen molar-refractivity contribution >= 4 is 49.8 Å². The molecule has 37 heavy (non-hydrogen) atoms. The average Bonchev–Trinajstić information content (AvgIpc) is 3.22. The SMILES string of the molecule is N#CCC(=O)N1CCN2C(=O)c3cc(F)c(-c4ccc(F)c5sc(N)c(C#N)c45)c(Cl)c3OCCC2C1. The zero-order valence-electron chi connectivity index (χ0n) is 19.2. The van der Waals surface area contributed by atoms with Crippen molar-refractivity contribution in [2.45, 2.75) is 18.9 Å². The van der Waals surface area contributed by atoms with Gasteiger partial charge >= 0.3 is 0 Å². The summed E-state index contributed by atoms with van der Waals surface area (Å²) in [6.07, 6.45) is 0.133. The first-order valence-corrected chi connectivity index (χ1v) is 12.5. The normalized spacial score (nSPS) is 17.2. The Bertz CT molecular complexity index is 1560. The summed E-state index contributed by atoms with van der Waals surface area (Å²) in [6.45, 7) is 0.820. The molecule has 12 heteroatoms. The van der Waals surface area contributed by atoms with Crippen molar-refractivity contribution in [1.29, 1.82) is 10.5 Å². The van der Waals surface area contributed by atoms with Gasteiger partial charge in [-0.05, 0) is 17.7 Å². The second-order valence-corrected chi connectivity index (χ2v) is 10.1. The van der Waals surface area contributed by atoms with Gasteiger partial charge in [0, 0.05) is 37.0 Å². The van der Waals surface area contributed by atoms with Crippen LogP contribution in [-0.2, 0) is 4.79 Å². The Morgan fingerprint density at radius 2 is 2.03 bits per heavy atom. The van der Waals surface area contributed by atoms with Crippen molar-refractivity contribution in [2.24, 2.45) is 0 Å². The van der Waals surface area contributed by atoms with Crippen molar-refractivity contribution in [3.8, 4) is 29.0 Å². The van der Waals surface area contributed by atoms with E-state index >= 15 is 4.39 Å². The van der Waals surface area contributed by atoms with Crippen molar-refractivity contribution in [3.05, 3.63) is 46.0 Å². The molecule has 3 heterocycles. The number of nitrogens with zero attached hydrogens (tertiary/aromatic N) is 4. The van der Waals surface area contributed by atoms with Crippen LogP contribution in [0, 0.1) is 34.3 Å². The van der Waals surface area contributed by atoms with Crippen molar-refractivity contribution in [1.82, 2.24) is 9.80 Å². The first kappa shape index (κ1) is 24.8. The van der Waals surface area contributed by atoms with E-state index in [-0.39, 0.29) is 92.7 Å². The number of thiophene rings is 1. The minimum Gasteiger partial charge on any atom is -0.491 e. The zero-order valence-corrected chi connectivity index (χ0v) is 20.8. The number of hydrogen-bond donors (Lipinski definition) is 1. The number of anilines is 1. The number of hydrogen-bond acceptors (Lipinski definition) is 7. The molecule has 1 unspecified atom stereocenters. The van der Waals surface area contributed by atoms with E-state index in [0.717, 1.165) is 23.5 Å². The quantitative estimate of drug-likeness (QED) is 0.516. The summed E-state index contributed by atoms with van der Waals surface area (Å²) in [6, 6.07) is 6.91. The number of amides is 2. The number of piperazine rings is 1. The minimum atomic E-state index is -0.845. The van der Waals surface area contributed by atoms with E-state index in [9.17, 15) is 19.2 Å². The molecule has 1 saturated heterocycles. The first-order chi connectivity index (χ1) is 17.8. The number of nitrogen functional groups attached to an aromatic ring is 1. The highest BCUT2D eigenvalue weighted by molar-refractivity contribution is 7.23. The summed E-state index contributed by atoms with van der Waals surface area (Å²) >= 11 is 7.53. The Morgan fingerprint density at radius 3 is 2.76 bits per heavy atom. The fraction of sp³-hybridized carbons (Fsp3) is 0.280. The Morgan fingerprint density at radius 1 is 1.24 bits per heavy atom. The van der Waals surface area contributed by atoms with Crippen LogP contribution in [0.5, 0.6) is 5.75 Å². The third kappa shape index (κ3) is 4.01. The lowest BCUT2D eigenvalue weighted by Gasteiger charge is -2.42. The molecule has 0 bridgehead atoms. The maximum atomic E-state index is 15.7. The van der Waals surface area contributed by atoms with E-state index in [1.54, 1.807) is 4.90 Å². The molecule has 2 aromatic carbocycles. The van der Waals surface area contributed by atoms with Gasteiger partial charge in [0.05, 0.1) is 39.6 Å². The highest BCUT2D eigenvalue weighted by Gasteiger charge is 2.37. The van der Waals surface area contributed by atoms with Crippen LogP contribution >= 0.6 is 22.9 Å². The number of nitriles is 2. The summed E-state index contributed by atoms with van der Waals surface area (Å²) < 4.78 is 36.2. The number of benzene rings is 2. The Kier molecular flexibility index (Phi) is 6.36. The lowest BCUT2D eigenvalue weighted by molar-refractivity contribution is -0.132. The van der Waals surface area contributed by atoms with Gasteiger partial charge in [-0.1, -0.05) is 17.7 Å². The van der Waals surface area contributed by atoms with Gasteiger partial charge in [-0.3, -0.25) is 9.59 Å². The maximum Gasteiger partial charge on any atom is 0.258 e. The number of fused-ring (bicyclic) bond motifs is 3. The lowest BCUT2D eigenvalue weighted by atomic mass is 9.95. The van der Waals surface area contributed by atoms with E-state index < -0.39 is 17.5 Å². The third-order valence-corrected chi connectivity index (χ3v) is 8.01. The molecule has 5 rings (SSSR count). The number of ether oxygens (including phenoxy) is 1. The van der Waals surface area contributed by atoms with Crippen LogP contribution in [0.25, 0.3) is 21.2 Å². The predicted molar refractivity (Wildman–Crippen MR) is 133 cm³/mol. The standard InChI is InChI=1S/C25H18ClF2N5O3S/c26-21-20(13-1-2-16(27)23-19(13)15(10-30)24(31)37-23)17(28)9-14-22(21)36-8-4-12-11-32(18(34)3-5-29)6-7-33(12)25(14)35/h1-2,9,12H,3-4,6-8,11,31H2. The third-order valence-electron chi connectivity index (χ3n) is 6.63. The first-order valence-electron chi connectivity index (χ1n) is 11.3. The highest BCUT2D eigenvalue weighted by atomic mass is 35.5. The number of nitrogens with two attached hydrogens (primary N) is 1. The second kappa shape index (κ2) is 9.51. The summed E-state index contributed by atoms with van der Waals surface area (Å²) in [4.78, 5) is 28.8. The maximum absolute atomic E-state index is 15.7. The molecule has 1 atom stereocenters. The van der Waals surface area contributed by atoms with E-state index in [4.69, 9.17) is 27.3 Å². The van der Waals surface area contributed by atoms with Gasteiger partial charge < -0.3 is 20.3 Å². The molecule has 2 aliphatic rings. The smallest absolute Gasteiger partial charge is 0.258 e. The average molecular weight is 542 g/mol. The van der Waals surface area contributed by atoms with E-state index in [1.165, 1.54) is 11.0 Å². The Labute approximate surface area is 219 Å². The molecule has 8 nitrogen and oxygen atoms in total. The fourth-order valence-corrected chi connectivity index (χ4v) is 6.18. The molecular weight excluding hydrogens is 524 g/mol. The molecule has 0 radical (unpaired) electrons. The fourth-order valence-electron chi connectivity index (χ4n) is 4.88. The number of rotatable bonds is 2. The molecule has 2 aliphatic heterocycles. The second-order valence-electron chi connectivity index (χ2n) is 8.64.